The lowest BCUT2D eigenvalue weighted by atomic mass is 9.94. The molecule has 1 aliphatic heterocycles. The molecule has 0 N–H and O–H groups in total. The van der Waals surface area contributed by atoms with Crippen LogP contribution >= 0.6 is 11.6 Å². The fourth-order valence-electron chi connectivity index (χ4n) is 4.28. The fraction of sp³-hybridized carbons (Fsp3) is 0.304. The van der Waals surface area contributed by atoms with Gasteiger partial charge in [0.05, 0.1) is 19.9 Å². The minimum absolute atomic E-state index is 0.767. The number of hydrogen-bond acceptors (Lipinski definition) is 2. The molecule has 2 heterocycles. The standard InChI is InChI=1S/C23H24ClNO2/c1-13-6-7-17(10-19(13)24)22-14(2)23-18-12-21(27-5)20(26-4)11-16(18)8-9-25(23)15(22)3/h6-7,10-12H,8-9H2,1-5H3. The number of aryl methyl sites for hydroxylation is 2. The number of benzene rings is 2. The van der Waals surface area contributed by atoms with Gasteiger partial charge >= 0.3 is 0 Å². The maximum atomic E-state index is 6.41. The first-order chi connectivity index (χ1) is 13.0. The molecule has 0 radical (unpaired) electrons. The predicted octanol–water partition coefficient (Wildman–Crippen LogP) is 5.97. The lowest BCUT2D eigenvalue weighted by Crippen LogP contribution is -2.12. The summed E-state index contributed by atoms with van der Waals surface area (Å²) in [5, 5.41) is 0.808. The van der Waals surface area contributed by atoms with E-state index in [0.29, 0.717) is 0 Å². The van der Waals surface area contributed by atoms with Crippen molar-refractivity contribution in [3.05, 3.63) is 57.7 Å². The highest BCUT2D eigenvalue weighted by Crippen LogP contribution is 2.44. The van der Waals surface area contributed by atoms with Crippen LogP contribution in [0.15, 0.2) is 30.3 Å². The van der Waals surface area contributed by atoms with E-state index in [0.717, 1.165) is 35.1 Å². The molecule has 4 rings (SSSR count). The van der Waals surface area contributed by atoms with Gasteiger partial charge < -0.3 is 14.0 Å². The van der Waals surface area contributed by atoms with Crippen LogP contribution < -0.4 is 9.47 Å². The third kappa shape index (κ3) is 2.72. The molecule has 0 saturated heterocycles. The molecule has 0 aliphatic carbocycles. The number of rotatable bonds is 3. The van der Waals surface area contributed by atoms with Crippen LogP contribution in [0, 0.1) is 20.8 Å². The molecule has 140 valence electrons. The van der Waals surface area contributed by atoms with Crippen LogP contribution in [0.25, 0.3) is 22.4 Å². The van der Waals surface area contributed by atoms with E-state index >= 15 is 0 Å². The van der Waals surface area contributed by atoms with E-state index in [9.17, 15) is 0 Å². The molecule has 1 aliphatic rings. The van der Waals surface area contributed by atoms with Crippen molar-refractivity contribution in [2.24, 2.45) is 0 Å². The fourth-order valence-corrected chi connectivity index (χ4v) is 4.46. The zero-order valence-corrected chi connectivity index (χ0v) is 17.2. The Balaban J connectivity index is 1.95. The Morgan fingerprint density at radius 1 is 0.963 bits per heavy atom. The summed E-state index contributed by atoms with van der Waals surface area (Å²) in [6, 6.07) is 10.6. The van der Waals surface area contributed by atoms with Crippen molar-refractivity contribution >= 4 is 11.6 Å². The predicted molar refractivity (Wildman–Crippen MR) is 111 cm³/mol. The molecule has 0 unspecified atom stereocenters. The van der Waals surface area contributed by atoms with E-state index in [1.54, 1.807) is 14.2 Å². The van der Waals surface area contributed by atoms with Crippen LogP contribution in [-0.2, 0) is 13.0 Å². The molecule has 3 nitrogen and oxygen atoms in total. The zero-order valence-electron chi connectivity index (χ0n) is 16.4. The topological polar surface area (TPSA) is 23.4 Å². The number of fused-ring (bicyclic) bond motifs is 3. The van der Waals surface area contributed by atoms with E-state index in [-0.39, 0.29) is 0 Å². The number of aromatic nitrogens is 1. The van der Waals surface area contributed by atoms with Crippen LogP contribution in [0.4, 0.5) is 0 Å². The monoisotopic (exact) mass is 381 g/mol. The van der Waals surface area contributed by atoms with E-state index in [2.05, 4.69) is 48.7 Å². The summed E-state index contributed by atoms with van der Waals surface area (Å²) in [7, 11) is 3.37. The average molecular weight is 382 g/mol. The van der Waals surface area contributed by atoms with Crippen molar-refractivity contribution < 1.29 is 9.47 Å². The Labute approximate surface area is 165 Å². The zero-order chi connectivity index (χ0) is 19.3. The van der Waals surface area contributed by atoms with Gasteiger partial charge in [-0.1, -0.05) is 23.7 Å². The summed E-state index contributed by atoms with van der Waals surface area (Å²) in [4.78, 5) is 0. The quantitative estimate of drug-likeness (QED) is 0.557. The summed E-state index contributed by atoms with van der Waals surface area (Å²) in [6.07, 6.45) is 0.978. The number of halogens is 1. The molecule has 0 atom stereocenters. The molecule has 0 amide bonds. The Kier molecular flexibility index (Phi) is 4.43. The van der Waals surface area contributed by atoms with Gasteiger partial charge in [-0.3, -0.25) is 0 Å². The van der Waals surface area contributed by atoms with Crippen molar-refractivity contribution in [2.75, 3.05) is 14.2 Å². The summed E-state index contributed by atoms with van der Waals surface area (Å²) < 4.78 is 13.5. The summed E-state index contributed by atoms with van der Waals surface area (Å²) in [5.74, 6) is 1.55. The number of hydrogen-bond donors (Lipinski definition) is 0. The van der Waals surface area contributed by atoms with Gasteiger partial charge in [-0.15, -0.1) is 0 Å². The number of ether oxygens (including phenoxy) is 2. The second-order valence-corrected chi connectivity index (χ2v) is 7.57. The molecule has 27 heavy (non-hydrogen) atoms. The first-order valence-corrected chi connectivity index (χ1v) is 9.55. The van der Waals surface area contributed by atoms with Crippen LogP contribution in [0.5, 0.6) is 11.5 Å². The highest BCUT2D eigenvalue weighted by molar-refractivity contribution is 6.31. The van der Waals surface area contributed by atoms with Gasteiger partial charge in [0.15, 0.2) is 11.5 Å². The van der Waals surface area contributed by atoms with E-state index in [1.807, 2.05) is 6.92 Å². The van der Waals surface area contributed by atoms with Crippen molar-refractivity contribution in [3.63, 3.8) is 0 Å². The third-order valence-corrected chi connectivity index (χ3v) is 6.10. The van der Waals surface area contributed by atoms with Crippen LogP contribution in [-0.4, -0.2) is 18.8 Å². The van der Waals surface area contributed by atoms with Gasteiger partial charge in [-0.05, 0) is 67.6 Å². The van der Waals surface area contributed by atoms with Crippen molar-refractivity contribution in [2.45, 2.75) is 33.7 Å². The second kappa shape index (κ2) is 6.65. The highest BCUT2D eigenvalue weighted by Gasteiger charge is 2.26. The lowest BCUT2D eigenvalue weighted by Gasteiger charge is -2.23. The van der Waals surface area contributed by atoms with Crippen molar-refractivity contribution in [1.29, 1.82) is 0 Å². The molecular weight excluding hydrogens is 358 g/mol. The van der Waals surface area contributed by atoms with Gasteiger partial charge in [-0.25, -0.2) is 0 Å². The molecule has 1 aromatic heterocycles. The molecule has 0 fully saturated rings. The van der Waals surface area contributed by atoms with Crippen molar-refractivity contribution in [1.82, 2.24) is 4.57 Å². The highest BCUT2D eigenvalue weighted by atomic mass is 35.5. The largest absolute Gasteiger partial charge is 0.493 e. The maximum absolute atomic E-state index is 6.41. The molecular formula is C23H24ClNO2. The summed E-state index contributed by atoms with van der Waals surface area (Å²) in [6.45, 7) is 7.40. The van der Waals surface area contributed by atoms with Crippen LogP contribution in [0.1, 0.15) is 22.4 Å². The molecule has 0 bridgehead atoms. The SMILES string of the molecule is COc1cc2c(cc1OC)-c1c(C)c(-c3ccc(C)c(Cl)c3)c(C)n1CC2. The second-order valence-electron chi connectivity index (χ2n) is 7.16. The minimum atomic E-state index is 0.767. The number of nitrogens with zero attached hydrogens (tertiary/aromatic N) is 1. The molecule has 0 spiro atoms. The summed E-state index contributed by atoms with van der Waals surface area (Å²) in [5.41, 5.74) is 9.89. The maximum Gasteiger partial charge on any atom is 0.161 e. The Morgan fingerprint density at radius 3 is 2.33 bits per heavy atom. The molecule has 0 saturated carbocycles. The molecule has 3 aromatic rings. The first kappa shape index (κ1) is 18.0. The van der Waals surface area contributed by atoms with Gasteiger partial charge in [0.2, 0.25) is 0 Å². The first-order valence-electron chi connectivity index (χ1n) is 9.17. The Bertz CT molecular complexity index is 1050. The Morgan fingerprint density at radius 2 is 1.67 bits per heavy atom. The van der Waals surface area contributed by atoms with Gasteiger partial charge in [0.1, 0.15) is 0 Å². The lowest BCUT2D eigenvalue weighted by molar-refractivity contribution is 0.354. The van der Waals surface area contributed by atoms with E-state index in [1.165, 1.54) is 39.2 Å². The number of methoxy groups -OCH3 is 2. The molecule has 2 aromatic carbocycles. The molecule has 4 heteroatoms. The van der Waals surface area contributed by atoms with E-state index < -0.39 is 0 Å². The van der Waals surface area contributed by atoms with Crippen molar-refractivity contribution in [3.8, 4) is 33.9 Å². The van der Waals surface area contributed by atoms with E-state index in [4.69, 9.17) is 21.1 Å². The summed E-state index contributed by atoms with van der Waals surface area (Å²) >= 11 is 6.41. The van der Waals surface area contributed by atoms with Gasteiger partial charge in [-0.2, -0.15) is 0 Å². The minimum Gasteiger partial charge on any atom is -0.493 e. The normalized spacial score (nSPS) is 12.5. The smallest absolute Gasteiger partial charge is 0.161 e. The average Bonchev–Trinajstić information content (AvgIpc) is 2.93. The van der Waals surface area contributed by atoms with Gasteiger partial charge in [0, 0.05) is 28.4 Å². The van der Waals surface area contributed by atoms with Crippen LogP contribution in [0.3, 0.4) is 0 Å². The Hall–Kier alpha value is -2.39. The van der Waals surface area contributed by atoms with Crippen LogP contribution in [0.2, 0.25) is 5.02 Å². The van der Waals surface area contributed by atoms with Gasteiger partial charge in [0.25, 0.3) is 0 Å². The third-order valence-electron chi connectivity index (χ3n) is 5.70.